The molecule has 1 rings (SSSR count). The largest absolute Gasteiger partial charge is 0.347 e. The van der Waals surface area contributed by atoms with Gasteiger partial charge in [0.15, 0.2) is 0 Å². The van der Waals surface area contributed by atoms with E-state index in [-0.39, 0.29) is 11.4 Å². The lowest BCUT2D eigenvalue weighted by molar-refractivity contribution is 0.0912. The topological polar surface area (TPSA) is 29.1 Å². The summed E-state index contributed by atoms with van der Waals surface area (Å²) in [5.41, 5.74) is 0.485. The van der Waals surface area contributed by atoms with Gasteiger partial charge in [-0.25, -0.2) is 0 Å². The molecule has 4 heteroatoms. The molecule has 0 unspecified atom stereocenters. The molecule has 78 valence electrons. The first kappa shape index (κ1) is 11.5. The van der Waals surface area contributed by atoms with Gasteiger partial charge in [-0.2, -0.15) is 11.3 Å². The van der Waals surface area contributed by atoms with E-state index in [1.54, 1.807) is 0 Å². The van der Waals surface area contributed by atoms with Gasteiger partial charge in [0.25, 0.3) is 5.91 Å². The van der Waals surface area contributed by atoms with Crippen molar-refractivity contribution < 1.29 is 4.79 Å². The molecule has 0 aromatic carbocycles. The van der Waals surface area contributed by atoms with Crippen LogP contribution < -0.4 is 5.32 Å². The summed E-state index contributed by atoms with van der Waals surface area (Å²) >= 11 is 7.17. The number of thiophene rings is 1. The van der Waals surface area contributed by atoms with Gasteiger partial charge in [0.1, 0.15) is 0 Å². The summed E-state index contributed by atoms with van der Waals surface area (Å²) in [6.07, 6.45) is 0.768. The number of hydrogen-bond acceptors (Lipinski definition) is 2. The lowest BCUT2D eigenvalue weighted by Gasteiger charge is -2.24. The van der Waals surface area contributed by atoms with E-state index in [9.17, 15) is 4.79 Å². The van der Waals surface area contributed by atoms with E-state index >= 15 is 0 Å². The van der Waals surface area contributed by atoms with Gasteiger partial charge in [0.05, 0.1) is 5.56 Å². The normalized spacial score (nSPS) is 11.4. The predicted octanol–water partition coefficient (Wildman–Crippen LogP) is 2.89. The van der Waals surface area contributed by atoms with Crippen molar-refractivity contribution >= 4 is 28.8 Å². The zero-order chi connectivity index (χ0) is 10.6. The zero-order valence-corrected chi connectivity index (χ0v) is 9.91. The number of carbonyl (C=O) groups is 1. The van der Waals surface area contributed by atoms with Crippen LogP contribution in [0.2, 0.25) is 0 Å². The molecule has 0 radical (unpaired) electrons. The summed E-state index contributed by atoms with van der Waals surface area (Å²) in [6.45, 7) is 3.94. The van der Waals surface area contributed by atoms with E-state index in [1.807, 2.05) is 30.7 Å². The molecule has 0 fully saturated rings. The van der Waals surface area contributed by atoms with Gasteiger partial charge in [-0.3, -0.25) is 4.79 Å². The van der Waals surface area contributed by atoms with Crippen molar-refractivity contribution in [3.8, 4) is 0 Å². The number of nitrogens with one attached hydrogen (secondary N) is 1. The second-order valence-corrected chi connectivity index (χ2v) is 4.95. The van der Waals surface area contributed by atoms with Crippen LogP contribution in [0.5, 0.6) is 0 Å². The van der Waals surface area contributed by atoms with E-state index in [0.29, 0.717) is 5.88 Å². The van der Waals surface area contributed by atoms with E-state index in [1.165, 1.54) is 11.3 Å². The SMILES string of the molecule is CC(C)(CCCl)NC(=O)c1ccsc1. The van der Waals surface area contributed by atoms with Crippen molar-refractivity contribution in [2.45, 2.75) is 25.8 Å². The third-order valence-corrected chi connectivity index (χ3v) is 2.83. The van der Waals surface area contributed by atoms with Crippen molar-refractivity contribution in [2.24, 2.45) is 0 Å². The molecule has 1 N–H and O–H groups in total. The molecule has 1 amide bonds. The molecule has 0 saturated carbocycles. The van der Waals surface area contributed by atoms with Crippen LogP contribution >= 0.6 is 22.9 Å². The summed E-state index contributed by atoms with van der Waals surface area (Å²) in [7, 11) is 0. The Hall–Kier alpha value is -0.540. The fourth-order valence-electron chi connectivity index (χ4n) is 1.07. The third-order valence-electron chi connectivity index (χ3n) is 1.95. The first-order valence-electron chi connectivity index (χ1n) is 4.46. The van der Waals surface area contributed by atoms with Gasteiger partial charge in [-0.05, 0) is 31.7 Å². The standard InChI is InChI=1S/C10H14ClNOS/c1-10(2,4-5-11)12-9(13)8-3-6-14-7-8/h3,6-7H,4-5H2,1-2H3,(H,12,13). The molecule has 0 bridgehead atoms. The molecular weight excluding hydrogens is 218 g/mol. The van der Waals surface area contributed by atoms with Gasteiger partial charge >= 0.3 is 0 Å². The average molecular weight is 232 g/mol. The lowest BCUT2D eigenvalue weighted by atomic mass is 10.0. The fourth-order valence-corrected chi connectivity index (χ4v) is 2.18. The lowest BCUT2D eigenvalue weighted by Crippen LogP contribution is -2.43. The number of carbonyl (C=O) groups excluding carboxylic acids is 1. The number of hydrogen-bond donors (Lipinski definition) is 1. The number of rotatable bonds is 4. The Morgan fingerprint density at radius 2 is 2.36 bits per heavy atom. The molecule has 1 heterocycles. The molecule has 0 saturated heterocycles. The van der Waals surface area contributed by atoms with E-state index in [4.69, 9.17) is 11.6 Å². The Kier molecular flexibility index (Phi) is 3.96. The summed E-state index contributed by atoms with van der Waals surface area (Å²) in [6, 6.07) is 1.82. The zero-order valence-electron chi connectivity index (χ0n) is 8.34. The van der Waals surface area contributed by atoms with E-state index < -0.39 is 0 Å². The number of amides is 1. The molecule has 0 aliphatic rings. The van der Waals surface area contributed by atoms with Crippen LogP contribution in [0.1, 0.15) is 30.6 Å². The highest BCUT2D eigenvalue weighted by molar-refractivity contribution is 7.08. The summed E-state index contributed by atoms with van der Waals surface area (Å²) < 4.78 is 0. The van der Waals surface area contributed by atoms with Crippen LogP contribution in [-0.2, 0) is 0 Å². The Bertz CT molecular complexity index is 295. The van der Waals surface area contributed by atoms with E-state index in [0.717, 1.165) is 12.0 Å². The minimum absolute atomic E-state index is 0.0265. The molecule has 0 aliphatic carbocycles. The van der Waals surface area contributed by atoms with Crippen LogP contribution in [-0.4, -0.2) is 17.3 Å². The average Bonchev–Trinajstić information content (AvgIpc) is 2.53. The van der Waals surface area contributed by atoms with Crippen LogP contribution in [0.25, 0.3) is 0 Å². The van der Waals surface area contributed by atoms with Gasteiger partial charge in [-0.1, -0.05) is 0 Å². The maximum absolute atomic E-state index is 11.6. The van der Waals surface area contributed by atoms with Gasteiger partial charge in [0.2, 0.25) is 0 Å². The van der Waals surface area contributed by atoms with Crippen molar-refractivity contribution in [1.82, 2.24) is 5.32 Å². The monoisotopic (exact) mass is 231 g/mol. The maximum Gasteiger partial charge on any atom is 0.252 e. The maximum atomic E-state index is 11.6. The van der Waals surface area contributed by atoms with Gasteiger partial charge in [0, 0.05) is 16.8 Å². The van der Waals surface area contributed by atoms with Crippen LogP contribution in [0.3, 0.4) is 0 Å². The first-order valence-corrected chi connectivity index (χ1v) is 5.93. The fraction of sp³-hybridized carbons (Fsp3) is 0.500. The quantitative estimate of drug-likeness (QED) is 0.794. The Morgan fingerprint density at radius 1 is 1.64 bits per heavy atom. The minimum Gasteiger partial charge on any atom is -0.347 e. The highest BCUT2D eigenvalue weighted by Gasteiger charge is 2.20. The highest BCUT2D eigenvalue weighted by atomic mass is 35.5. The van der Waals surface area contributed by atoms with Crippen molar-refractivity contribution in [3.05, 3.63) is 22.4 Å². The minimum atomic E-state index is -0.235. The molecule has 14 heavy (non-hydrogen) atoms. The first-order chi connectivity index (χ1) is 6.55. The molecule has 0 aliphatic heterocycles. The third kappa shape index (κ3) is 3.31. The second kappa shape index (κ2) is 4.80. The van der Waals surface area contributed by atoms with Crippen molar-refractivity contribution in [3.63, 3.8) is 0 Å². The predicted molar refractivity (Wildman–Crippen MR) is 61.2 cm³/mol. The van der Waals surface area contributed by atoms with Crippen LogP contribution in [0.15, 0.2) is 16.8 Å². The summed E-state index contributed by atoms with van der Waals surface area (Å²) in [4.78, 5) is 11.6. The van der Waals surface area contributed by atoms with Crippen LogP contribution in [0.4, 0.5) is 0 Å². The molecule has 2 nitrogen and oxygen atoms in total. The van der Waals surface area contributed by atoms with Crippen LogP contribution in [0, 0.1) is 0 Å². The van der Waals surface area contributed by atoms with Crippen molar-refractivity contribution in [1.29, 1.82) is 0 Å². The summed E-state index contributed by atoms with van der Waals surface area (Å²) in [5.74, 6) is 0.526. The number of halogens is 1. The Morgan fingerprint density at radius 3 is 2.86 bits per heavy atom. The second-order valence-electron chi connectivity index (χ2n) is 3.79. The van der Waals surface area contributed by atoms with E-state index in [2.05, 4.69) is 5.32 Å². The molecule has 1 aromatic rings. The smallest absolute Gasteiger partial charge is 0.252 e. The Balaban J connectivity index is 2.57. The van der Waals surface area contributed by atoms with Gasteiger partial charge in [-0.15, -0.1) is 11.6 Å². The molecular formula is C10H14ClNOS. The van der Waals surface area contributed by atoms with Crippen molar-refractivity contribution in [2.75, 3.05) is 5.88 Å². The molecule has 0 spiro atoms. The Labute approximate surface area is 93.3 Å². The van der Waals surface area contributed by atoms with Gasteiger partial charge < -0.3 is 5.32 Å². The molecule has 0 atom stereocenters. The highest BCUT2D eigenvalue weighted by Crippen LogP contribution is 2.12. The number of alkyl halides is 1. The summed E-state index contributed by atoms with van der Waals surface area (Å²) in [5, 5.41) is 6.67. The molecule has 1 aromatic heterocycles.